The molecule has 0 aliphatic carbocycles. The fraction of sp³-hybridized carbons (Fsp3) is 0.185. The fourth-order valence-corrected chi connectivity index (χ4v) is 4.12. The number of aryl methyl sites for hydroxylation is 1. The molecule has 4 aromatic rings. The van der Waals surface area contributed by atoms with E-state index >= 15 is 0 Å². The zero-order valence-corrected chi connectivity index (χ0v) is 18.6. The highest BCUT2D eigenvalue weighted by atomic mass is 16.5. The molecule has 5 rings (SSSR count). The summed E-state index contributed by atoms with van der Waals surface area (Å²) in [5.74, 6) is 1.63. The lowest BCUT2D eigenvalue weighted by molar-refractivity contribution is 0.0737. The average molecular weight is 439 g/mol. The van der Waals surface area contributed by atoms with Crippen molar-refractivity contribution in [2.75, 3.05) is 31.1 Å². The quantitative estimate of drug-likeness (QED) is 0.443. The Morgan fingerprint density at radius 1 is 0.758 bits per heavy atom. The van der Waals surface area contributed by atoms with Crippen molar-refractivity contribution in [3.05, 3.63) is 102 Å². The van der Waals surface area contributed by atoms with Crippen LogP contribution in [0.15, 0.2) is 91.0 Å². The van der Waals surface area contributed by atoms with Crippen molar-refractivity contribution < 1.29 is 9.53 Å². The Balaban J connectivity index is 1.27. The molecule has 33 heavy (non-hydrogen) atoms. The van der Waals surface area contributed by atoms with Crippen LogP contribution in [0.4, 0.5) is 5.69 Å². The standard InChI is InChI=1S/C27H26N4O2/c1-21-19-26(31(28-21)22-9-4-2-5-10-22)27(32)30-17-15-29(16-18-30)23-11-8-14-25(20-23)33-24-12-6-3-7-13-24/h2-14,19-20H,15-18H2,1H3. The van der Waals surface area contributed by atoms with Crippen molar-refractivity contribution in [3.8, 4) is 17.2 Å². The number of carbonyl (C=O) groups is 1. The lowest BCUT2D eigenvalue weighted by Crippen LogP contribution is -2.49. The van der Waals surface area contributed by atoms with E-state index in [0.29, 0.717) is 18.8 Å². The second-order valence-electron chi connectivity index (χ2n) is 8.11. The van der Waals surface area contributed by atoms with E-state index in [1.807, 2.05) is 90.7 Å². The van der Waals surface area contributed by atoms with Crippen molar-refractivity contribution in [2.24, 2.45) is 0 Å². The van der Waals surface area contributed by atoms with Gasteiger partial charge in [0.1, 0.15) is 17.2 Å². The van der Waals surface area contributed by atoms with Gasteiger partial charge in [-0.25, -0.2) is 4.68 Å². The number of para-hydroxylation sites is 2. The van der Waals surface area contributed by atoms with Crippen LogP contribution < -0.4 is 9.64 Å². The molecular weight excluding hydrogens is 412 g/mol. The predicted octanol–water partition coefficient (Wildman–Crippen LogP) is 4.94. The molecule has 0 radical (unpaired) electrons. The Morgan fingerprint density at radius 2 is 1.39 bits per heavy atom. The number of carbonyl (C=O) groups excluding carboxylic acids is 1. The number of rotatable bonds is 5. The molecule has 1 aliphatic heterocycles. The third kappa shape index (κ3) is 4.60. The molecule has 0 atom stereocenters. The molecule has 1 amide bonds. The number of ether oxygens (including phenoxy) is 1. The van der Waals surface area contributed by atoms with Crippen molar-refractivity contribution in [2.45, 2.75) is 6.92 Å². The van der Waals surface area contributed by atoms with Gasteiger partial charge >= 0.3 is 0 Å². The summed E-state index contributed by atoms with van der Waals surface area (Å²) in [6, 6.07) is 29.5. The van der Waals surface area contributed by atoms with Gasteiger partial charge in [0.25, 0.3) is 5.91 Å². The van der Waals surface area contributed by atoms with Crippen molar-refractivity contribution in [1.29, 1.82) is 0 Å². The zero-order chi connectivity index (χ0) is 22.6. The largest absolute Gasteiger partial charge is 0.457 e. The Labute approximate surface area is 193 Å². The normalized spacial score (nSPS) is 13.7. The molecule has 1 saturated heterocycles. The smallest absolute Gasteiger partial charge is 0.272 e. The maximum absolute atomic E-state index is 13.3. The summed E-state index contributed by atoms with van der Waals surface area (Å²) in [5, 5.41) is 4.55. The monoisotopic (exact) mass is 438 g/mol. The lowest BCUT2D eigenvalue weighted by atomic mass is 10.2. The molecule has 1 aliphatic rings. The maximum atomic E-state index is 13.3. The predicted molar refractivity (Wildman–Crippen MR) is 129 cm³/mol. The number of anilines is 1. The van der Waals surface area contributed by atoms with E-state index in [9.17, 15) is 4.79 Å². The molecule has 0 saturated carbocycles. The van der Waals surface area contributed by atoms with Crippen LogP contribution in [0.1, 0.15) is 16.2 Å². The van der Waals surface area contributed by atoms with Crippen LogP contribution in [0.2, 0.25) is 0 Å². The molecule has 2 heterocycles. The summed E-state index contributed by atoms with van der Waals surface area (Å²) in [5.41, 5.74) is 3.42. The first kappa shape index (κ1) is 20.8. The first-order valence-corrected chi connectivity index (χ1v) is 11.2. The average Bonchev–Trinajstić information content (AvgIpc) is 3.27. The van der Waals surface area contributed by atoms with Gasteiger partial charge in [-0.15, -0.1) is 0 Å². The molecule has 0 spiro atoms. The number of benzene rings is 3. The van der Waals surface area contributed by atoms with Crippen LogP contribution in [0, 0.1) is 6.92 Å². The second-order valence-corrected chi connectivity index (χ2v) is 8.11. The summed E-state index contributed by atoms with van der Waals surface area (Å²) in [6.07, 6.45) is 0. The number of aromatic nitrogens is 2. The van der Waals surface area contributed by atoms with Gasteiger partial charge in [0.15, 0.2) is 0 Å². The van der Waals surface area contributed by atoms with E-state index in [0.717, 1.165) is 41.7 Å². The van der Waals surface area contributed by atoms with E-state index in [4.69, 9.17) is 4.74 Å². The van der Waals surface area contributed by atoms with E-state index in [1.54, 1.807) is 4.68 Å². The van der Waals surface area contributed by atoms with Gasteiger partial charge in [-0.05, 0) is 49.4 Å². The Morgan fingerprint density at radius 3 is 2.12 bits per heavy atom. The fourth-order valence-electron chi connectivity index (χ4n) is 4.12. The molecule has 0 unspecified atom stereocenters. The molecule has 3 aromatic carbocycles. The van der Waals surface area contributed by atoms with Gasteiger partial charge in [0, 0.05) is 37.9 Å². The number of amides is 1. The Kier molecular flexibility index (Phi) is 5.81. The highest BCUT2D eigenvalue weighted by Crippen LogP contribution is 2.27. The third-order valence-electron chi connectivity index (χ3n) is 5.78. The number of hydrogen-bond acceptors (Lipinski definition) is 4. The number of piperazine rings is 1. The molecule has 1 fully saturated rings. The maximum Gasteiger partial charge on any atom is 0.272 e. The minimum absolute atomic E-state index is 0.0141. The minimum Gasteiger partial charge on any atom is -0.457 e. The van der Waals surface area contributed by atoms with Crippen LogP contribution in [-0.2, 0) is 0 Å². The third-order valence-corrected chi connectivity index (χ3v) is 5.78. The van der Waals surface area contributed by atoms with Gasteiger partial charge in [-0.1, -0.05) is 42.5 Å². The van der Waals surface area contributed by atoms with Crippen LogP contribution >= 0.6 is 0 Å². The van der Waals surface area contributed by atoms with Gasteiger partial charge in [0.2, 0.25) is 0 Å². The molecule has 1 aromatic heterocycles. The summed E-state index contributed by atoms with van der Waals surface area (Å²) < 4.78 is 7.73. The first-order chi connectivity index (χ1) is 16.2. The van der Waals surface area contributed by atoms with E-state index in [-0.39, 0.29) is 5.91 Å². The highest BCUT2D eigenvalue weighted by molar-refractivity contribution is 5.93. The molecular formula is C27H26N4O2. The van der Waals surface area contributed by atoms with Gasteiger partial charge < -0.3 is 14.5 Å². The Hall–Kier alpha value is -4.06. The van der Waals surface area contributed by atoms with Gasteiger partial charge in [0.05, 0.1) is 11.4 Å². The summed E-state index contributed by atoms with van der Waals surface area (Å²) >= 11 is 0. The minimum atomic E-state index is 0.0141. The van der Waals surface area contributed by atoms with E-state index < -0.39 is 0 Å². The summed E-state index contributed by atoms with van der Waals surface area (Å²) in [4.78, 5) is 17.5. The second kappa shape index (κ2) is 9.20. The molecule has 6 nitrogen and oxygen atoms in total. The summed E-state index contributed by atoms with van der Waals surface area (Å²) in [6.45, 7) is 4.75. The van der Waals surface area contributed by atoms with Crippen molar-refractivity contribution in [3.63, 3.8) is 0 Å². The van der Waals surface area contributed by atoms with Crippen LogP contribution in [0.5, 0.6) is 11.5 Å². The van der Waals surface area contributed by atoms with Gasteiger partial charge in [-0.2, -0.15) is 5.10 Å². The zero-order valence-electron chi connectivity index (χ0n) is 18.6. The van der Waals surface area contributed by atoms with E-state index in [1.165, 1.54) is 0 Å². The number of nitrogens with zero attached hydrogens (tertiary/aromatic N) is 4. The lowest BCUT2D eigenvalue weighted by Gasteiger charge is -2.36. The molecule has 6 heteroatoms. The van der Waals surface area contributed by atoms with Crippen LogP contribution in [0.3, 0.4) is 0 Å². The van der Waals surface area contributed by atoms with Crippen LogP contribution in [-0.4, -0.2) is 46.8 Å². The summed E-state index contributed by atoms with van der Waals surface area (Å²) in [7, 11) is 0. The van der Waals surface area contributed by atoms with Crippen molar-refractivity contribution in [1.82, 2.24) is 14.7 Å². The molecule has 0 bridgehead atoms. The Bertz CT molecular complexity index is 1230. The topological polar surface area (TPSA) is 50.6 Å². The van der Waals surface area contributed by atoms with Crippen molar-refractivity contribution >= 4 is 11.6 Å². The highest BCUT2D eigenvalue weighted by Gasteiger charge is 2.25. The van der Waals surface area contributed by atoms with E-state index in [2.05, 4.69) is 22.1 Å². The molecule has 0 N–H and O–H groups in total. The van der Waals surface area contributed by atoms with Gasteiger partial charge in [-0.3, -0.25) is 4.79 Å². The number of hydrogen-bond donors (Lipinski definition) is 0. The first-order valence-electron chi connectivity index (χ1n) is 11.2. The van der Waals surface area contributed by atoms with Crippen LogP contribution in [0.25, 0.3) is 5.69 Å². The molecule has 166 valence electrons. The SMILES string of the molecule is Cc1cc(C(=O)N2CCN(c3cccc(Oc4ccccc4)c3)CC2)n(-c2ccccc2)n1.